The van der Waals surface area contributed by atoms with Crippen molar-refractivity contribution in [1.82, 2.24) is 14.9 Å². The van der Waals surface area contributed by atoms with Crippen LogP contribution in [0.3, 0.4) is 0 Å². The summed E-state index contributed by atoms with van der Waals surface area (Å²) in [6.07, 6.45) is -0.702. The molecule has 0 saturated heterocycles. The van der Waals surface area contributed by atoms with Gasteiger partial charge in [-0.3, -0.25) is 9.36 Å². The molecule has 40 heavy (non-hydrogen) atoms. The molecule has 0 aliphatic rings. The first kappa shape index (κ1) is 28.5. The Labute approximate surface area is 233 Å². The minimum Gasteiger partial charge on any atom is -0.444 e. The lowest BCUT2D eigenvalue weighted by Crippen LogP contribution is -2.37. The second kappa shape index (κ2) is 11.3. The van der Waals surface area contributed by atoms with Gasteiger partial charge in [0.25, 0.3) is 5.56 Å². The zero-order valence-electron chi connectivity index (χ0n) is 22.0. The number of hydrogen-bond acceptors (Lipinski definition) is 5. The van der Waals surface area contributed by atoms with Gasteiger partial charge in [-0.25, -0.2) is 23.4 Å². The lowest BCUT2D eigenvalue weighted by atomic mass is 10.2. The van der Waals surface area contributed by atoms with Crippen molar-refractivity contribution in [3.63, 3.8) is 0 Å². The van der Waals surface area contributed by atoms with Gasteiger partial charge in [0.2, 0.25) is 0 Å². The van der Waals surface area contributed by atoms with Crippen molar-refractivity contribution in [3.05, 3.63) is 93.5 Å². The van der Waals surface area contributed by atoms with Crippen LogP contribution in [0, 0.1) is 11.6 Å². The number of halogens is 3. The maximum absolute atomic E-state index is 14.0. The van der Waals surface area contributed by atoms with Crippen LogP contribution in [0.15, 0.2) is 65.5 Å². The summed E-state index contributed by atoms with van der Waals surface area (Å²) in [7, 11) is 0. The highest BCUT2D eigenvalue weighted by atomic mass is 35.5. The van der Waals surface area contributed by atoms with Gasteiger partial charge in [0.05, 0.1) is 33.3 Å². The van der Waals surface area contributed by atoms with Gasteiger partial charge in [-0.2, -0.15) is 0 Å². The van der Waals surface area contributed by atoms with Crippen LogP contribution in [0.4, 0.5) is 29.7 Å². The summed E-state index contributed by atoms with van der Waals surface area (Å²) in [5.41, 5.74) is -0.579. The zero-order valence-corrected chi connectivity index (χ0v) is 22.8. The van der Waals surface area contributed by atoms with Gasteiger partial charge in [0.15, 0.2) is 0 Å². The Morgan fingerprint density at radius 3 is 2.45 bits per heavy atom. The first-order valence-corrected chi connectivity index (χ1v) is 12.5. The van der Waals surface area contributed by atoms with Gasteiger partial charge < -0.3 is 20.7 Å². The molecule has 3 amide bonds. The fourth-order valence-corrected chi connectivity index (χ4v) is 4.14. The van der Waals surface area contributed by atoms with E-state index in [1.165, 1.54) is 10.6 Å². The van der Waals surface area contributed by atoms with Crippen LogP contribution >= 0.6 is 11.6 Å². The van der Waals surface area contributed by atoms with Crippen molar-refractivity contribution in [1.29, 1.82) is 0 Å². The molecule has 0 saturated carbocycles. The van der Waals surface area contributed by atoms with Crippen molar-refractivity contribution in [3.8, 4) is 5.69 Å². The Morgan fingerprint density at radius 2 is 1.75 bits per heavy atom. The number of amides is 3. The number of carbonyl (C=O) groups excluding carboxylic acids is 2. The van der Waals surface area contributed by atoms with Gasteiger partial charge in [0.1, 0.15) is 23.1 Å². The predicted octanol–water partition coefficient (Wildman–Crippen LogP) is 6.55. The largest absolute Gasteiger partial charge is 0.444 e. The van der Waals surface area contributed by atoms with Crippen LogP contribution in [0.25, 0.3) is 16.6 Å². The Bertz CT molecular complexity index is 1670. The van der Waals surface area contributed by atoms with Crippen LogP contribution in [0.5, 0.6) is 0 Å². The molecule has 0 aliphatic heterocycles. The molecule has 3 N–H and O–H groups in total. The van der Waals surface area contributed by atoms with E-state index >= 15 is 0 Å². The third-order valence-corrected chi connectivity index (χ3v) is 5.85. The first-order valence-electron chi connectivity index (χ1n) is 12.2. The first-order chi connectivity index (χ1) is 18.8. The SMILES string of the molecule is C[C@H](NC(=O)OC(C)(C)C)c1nc2cccc(Cl)c2c(=O)n1-c1cccc(NC(=O)Nc2ccc(F)cc2F)c1. The average Bonchev–Trinajstić information content (AvgIpc) is 2.84. The zero-order chi connectivity index (χ0) is 29.2. The molecule has 0 radical (unpaired) electrons. The number of alkyl carbamates (subject to hydrolysis) is 1. The number of aromatic nitrogens is 2. The lowest BCUT2D eigenvalue weighted by Gasteiger charge is -2.23. The Hall–Kier alpha value is -4.51. The Balaban J connectivity index is 1.72. The summed E-state index contributed by atoms with van der Waals surface area (Å²) in [5.74, 6) is -1.54. The second-order valence-electron chi connectivity index (χ2n) is 9.87. The van der Waals surface area contributed by atoms with Crippen molar-refractivity contribution in [2.75, 3.05) is 10.6 Å². The third kappa shape index (κ3) is 6.55. The monoisotopic (exact) mass is 569 g/mol. The summed E-state index contributed by atoms with van der Waals surface area (Å²) in [5, 5.41) is 7.92. The Kier molecular flexibility index (Phi) is 8.06. The van der Waals surface area contributed by atoms with E-state index in [1.54, 1.807) is 64.1 Å². The standard InChI is InChI=1S/C28H26ClF2N5O4/c1-15(32-27(39)40-28(2,3)4)24-34-22-10-6-9-19(29)23(22)25(37)36(24)18-8-5-7-17(14-18)33-26(38)35-21-12-11-16(30)13-20(21)31/h5-15H,1-4H3,(H,32,39)(H2,33,35,38)/t15-/m0/s1. The second-order valence-corrected chi connectivity index (χ2v) is 10.3. The van der Waals surface area contributed by atoms with E-state index in [9.17, 15) is 23.2 Å². The molecule has 0 spiro atoms. The number of benzene rings is 3. The van der Waals surface area contributed by atoms with E-state index in [1.807, 2.05) is 0 Å². The smallest absolute Gasteiger partial charge is 0.408 e. The molecule has 3 aromatic carbocycles. The molecule has 208 valence electrons. The number of nitrogens with one attached hydrogen (secondary N) is 3. The number of ether oxygens (including phenoxy) is 1. The van der Waals surface area contributed by atoms with E-state index in [0.29, 0.717) is 17.3 Å². The molecular weight excluding hydrogens is 544 g/mol. The van der Waals surface area contributed by atoms with Gasteiger partial charge in [-0.15, -0.1) is 0 Å². The number of anilines is 2. The molecule has 0 fully saturated rings. The molecule has 12 heteroatoms. The number of rotatable bonds is 5. The molecule has 1 atom stereocenters. The fraction of sp³-hybridized carbons (Fsp3) is 0.214. The van der Waals surface area contributed by atoms with Crippen molar-refractivity contribution < 1.29 is 23.1 Å². The summed E-state index contributed by atoms with van der Waals surface area (Å²) < 4.78 is 33.8. The molecule has 9 nitrogen and oxygen atoms in total. The number of nitrogens with zero attached hydrogens (tertiary/aromatic N) is 2. The van der Waals surface area contributed by atoms with Crippen LogP contribution in [-0.4, -0.2) is 27.3 Å². The van der Waals surface area contributed by atoms with Crippen molar-refractivity contribution in [2.24, 2.45) is 0 Å². The minimum absolute atomic E-state index is 0.167. The number of urea groups is 1. The molecule has 1 heterocycles. The molecular formula is C28H26ClF2N5O4. The highest BCUT2D eigenvalue weighted by Gasteiger charge is 2.23. The summed E-state index contributed by atoms with van der Waals surface area (Å²) in [4.78, 5) is 43.4. The van der Waals surface area contributed by atoms with Crippen molar-refractivity contribution in [2.45, 2.75) is 39.3 Å². The van der Waals surface area contributed by atoms with Crippen LogP contribution in [0.1, 0.15) is 39.6 Å². The normalized spacial score (nSPS) is 12.1. The number of carbonyl (C=O) groups is 2. The van der Waals surface area contributed by atoms with Gasteiger partial charge in [-0.05, 0) is 70.2 Å². The third-order valence-electron chi connectivity index (χ3n) is 5.53. The van der Waals surface area contributed by atoms with Crippen LogP contribution in [-0.2, 0) is 4.74 Å². The fourth-order valence-electron chi connectivity index (χ4n) is 3.89. The molecule has 0 aliphatic carbocycles. The van der Waals surface area contributed by atoms with Gasteiger partial charge >= 0.3 is 12.1 Å². The van der Waals surface area contributed by atoms with Crippen molar-refractivity contribution >= 4 is 46.0 Å². The summed E-state index contributed by atoms with van der Waals surface area (Å²) in [6, 6.07) is 12.3. The highest BCUT2D eigenvalue weighted by molar-refractivity contribution is 6.35. The number of hydrogen-bond donors (Lipinski definition) is 3. The van der Waals surface area contributed by atoms with Crippen LogP contribution < -0.4 is 21.5 Å². The van der Waals surface area contributed by atoms with Gasteiger partial charge in [0, 0.05) is 11.8 Å². The summed E-state index contributed by atoms with van der Waals surface area (Å²) in [6.45, 7) is 6.82. The lowest BCUT2D eigenvalue weighted by molar-refractivity contribution is 0.0505. The maximum atomic E-state index is 14.0. The van der Waals surface area contributed by atoms with Gasteiger partial charge in [-0.1, -0.05) is 23.7 Å². The summed E-state index contributed by atoms with van der Waals surface area (Å²) >= 11 is 6.35. The Morgan fingerprint density at radius 1 is 1.02 bits per heavy atom. The predicted molar refractivity (Wildman–Crippen MR) is 149 cm³/mol. The topological polar surface area (TPSA) is 114 Å². The van der Waals surface area contributed by atoms with E-state index in [4.69, 9.17) is 16.3 Å². The molecule has 4 aromatic rings. The highest BCUT2D eigenvalue weighted by Crippen LogP contribution is 2.24. The molecule has 4 rings (SSSR count). The average molecular weight is 570 g/mol. The van der Waals surface area contributed by atoms with E-state index in [0.717, 1.165) is 12.1 Å². The number of fused-ring (bicyclic) bond motifs is 1. The van der Waals surface area contributed by atoms with E-state index < -0.39 is 41.0 Å². The maximum Gasteiger partial charge on any atom is 0.408 e. The molecule has 0 unspecified atom stereocenters. The molecule has 1 aromatic heterocycles. The van der Waals surface area contributed by atoms with E-state index in [-0.39, 0.29) is 27.6 Å². The minimum atomic E-state index is -0.939. The quantitative estimate of drug-likeness (QED) is 0.252. The van der Waals surface area contributed by atoms with Crippen LogP contribution in [0.2, 0.25) is 5.02 Å². The molecule has 0 bridgehead atoms. The van der Waals surface area contributed by atoms with E-state index in [2.05, 4.69) is 20.9 Å².